The maximum Gasteiger partial charge on any atom is 0.346 e. The van der Waals surface area contributed by atoms with E-state index in [0.29, 0.717) is 21.0 Å². The van der Waals surface area contributed by atoms with E-state index >= 15 is 0 Å². The molecule has 202 valence electrons. The van der Waals surface area contributed by atoms with Crippen LogP contribution in [0.25, 0.3) is 33.5 Å². The molecule has 0 saturated carbocycles. The molecule has 0 amide bonds. The number of benzene rings is 3. The molecule has 2 heterocycles. The molecule has 0 aliphatic rings. The van der Waals surface area contributed by atoms with Crippen LogP contribution < -0.4 is 10.3 Å². The summed E-state index contributed by atoms with van der Waals surface area (Å²) >= 11 is 6.70. The summed E-state index contributed by atoms with van der Waals surface area (Å²) in [6.07, 6.45) is 0.0602. The largest absolute Gasteiger partial charge is 0.471 e. The number of methoxy groups -OCH3 is 1. The molecule has 13 heteroatoms. The Morgan fingerprint density at radius 1 is 1.15 bits per heavy atom. The molecule has 0 aliphatic heterocycles. The van der Waals surface area contributed by atoms with Crippen molar-refractivity contribution in [3.63, 3.8) is 0 Å². The number of hydrogen-bond acceptors (Lipinski definition) is 9. The van der Waals surface area contributed by atoms with Gasteiger partial charge in [0.15, 0.2) is 11.9 Å². The average molecular weight is 670 g/mol. The molecule has 0 unspecified atom stereocenters. The molecule has 5 rings (SSSR count). The highest BCUT2D eigenvalue weighted by atomic mass is 79.9. The molecule has 3 aromatic carbocycles. The van der Waals surface area contributed by atoms with Crippen molar-refractivity contribution in [3.8, 4) is 17.3 Å². The first kappa shape index (κ1) is 27.2. The van der Waals surface area contributed by atoms with Crippen molar-refractivity contribution < 1.29 is 23.6 Å². The summed E-state index contributed by atoms with van der Waals surface area (Å²) in [6, 6.07) is 16.7. The van der Waals surface area contributed by atoms with Crippen LogP contribution in [-0.4, -0.2) is 40.0 Å². The molecule has 0 radical (unpaired) electrons. The van der Waals surface area contributed by atoms with Gasteiger partial charge in [-0.15, -0.1) is 0 Å². The third-order valence-electron chi connectivity index (χ3n) is 5.85. The number of halogens is 2. The Bertz CT molecular complexity index is 1900. The molecule has 2 aromatic heterocycles. The Morgan fingerprint density at radius 2 is 1.93 bits per heavy atom. The maximum absolute atomic E-state index is 13.6. The minimum atomic E-state index is -1.16. The van der Waals surface area contributed by atoms with Crippen molar-refractivity contribution in [2.45, 2.75) is 13.0 Å². The summed E-state index contributed by atoms with van der Waals surface area (Å²) in [6.45, 7) is 1.40. The van der Waals surface area contributed by atoms with Gasteiger partial charge in [-0.2, -0.15) is 9.78 Å². The molecule has 5 aromatic rings. The van der Waals surface area contributed by atoms with E-state index in [-0.39, 0.29) is 22.9 Å². The molecule has 1 atom stereocenters. The number of rotatable bonds is 7. The van der Waals surface area contributed by atoms with Crippen LogP contribution >= 0.6 is 31.9 Å². The zero-order chi connectivity index (χ0) is 28.6. The van der Waals surface area contributed by atoms with Crippen molar-refractivity contribution in [1.29, 1.82) is 0 Å². The summed E-state index contributed by atoms with van der Waals surface area (Å²) < 4.78 is 18.6. The van der Waals surface area contributed by atoms with E-state index in [0.717, 1.165) is 14.5 Å². The lowest BCUT2D eigenvalue weighted by atomic mass is 10.2. The minimum Gasteiger partial charge on any atom is -0.471 e. The van der Waals surface area contributed by atoms with Crippen LogP contribution in [0.2, 0.25) is 0 Å². The predicted molar refractivity (Wildman–Crippen MR) is 155 cm³/mol. The number of carbonyl (C=O) groups excluding carboxylic acids is 1. The van der Waals surface area contributed by atoms with Crippen LogP contribution in [0.5, 0.6) is 5.75 Å². The van der Waals surface area contributed by atoms with Crippen molar-refractivity contribution in [1.82, 2.24) is 9.66 Å². The number of esters is 1. The van der Waals surface area contributed by atoms with E-state index in [9.17, 15) is 19.7 Å². The Kier molecular flexibility index (Phi) is 7.50. The first-order valence-electron chi connectivity index (χ1n) is 11.6. The fourth-order valence-electron chi connectivity index (χ4n) is 3.99. The second-order valence-corrected chi connectivity index (χ2v) is 10.3. The van der Waals surface area contributed by atoms with Gasteiger partial charge in [-0.1, -0.05) is 44.0 Å². The number of nitro groups is 1. The van der Waals surface area contributed by atoms with Gasteiger partial charge in [0.25, 0.3) is 5.56 Å². The zero-order valence-electron chi connectivity index (χ0n) is 20.8. The number of carbonyl (C=O) groups is 1. The number of furan rings is 1. The Balaban J connectivity index is 1.71. The first-order valence-corrected chi connectivity index (χ1v) is 13.2. The van der Waals surface area contributed by atoms with Gasteiger partial charge in [0.05, 0.1) is 29.2 Å². The Labute approximate surface area is 242 Å². The molecule has 0 aliphatic carbocycles. The highest BCUT2D eigenvalue weighted by Gasteiger charge is 2.26. The molecule has 0 fully saturated rings. The minimum absolute atomic E-state index is 0.113. The quantitative estimate of drug-likeness (QED) is 0.0881. The van der Waals surface area contributed by atoms with E-state index in [1.54, 1.807) is 36.4 Å². The van der Waals surface area contributed by atoms with E-state index in [2.05, 4.69) is 46.7 Å². The number of para-hydroxylation sites is 1. The second-order valence-electron chi connectivity index (χ2n) is 8.49. The SMILES string of the molecule is COC(=O)[C@@H](C)Oc1c(C=Nn2c(-c3cc4cc(Br)ccc4o3)nc3ccccc3c2=O)cc(Br)cc1[N+](=O)[O-]. The van der Waals surface area contributed by atoms with Gasteiger partial charge >= 0.3 is 11.7 Å². The molecule has 40 heavy (non-hydrogen) atoms. The van der Waals surface area contributed by atoms with Crippen LogP contribution in [0.1, 0.15) is 12.5 Å². The molecule has 0 bridgehead atoms. The predicted octanol–water partition coefficient (Wildman–Crippen LogP) is 6.07. The Morgan fingerprint density at radius 3 is 2.67 bits per heavy atom. The standard InChI is InChI=1S/C27H18Br2N4O7/c1-14(27(35)38-2)39-24-16(10-18(29)12-21(24)33(36)37)13-30-32-25(31-20-6-4-3-5-19(20)26(32)34)23-11-15-9-17(28)7-8-22(15)40-23/h3-14H,1-2H3/t14-/m1/s1. The topological polar surface area (TPSA) is 139 Å². The molecule has 0 saturated heterocycles. The number of nitrogens with zero attached hydrogens (tertiary/aromatic N) is 4. The third kappa shape index (κ3) is 5.25. The molecular formula is C27H18Br2N4O7. The fourth-order valence-corrected chi connectivity index (χ4v) is 4.83. The van der Waals surface area contributed by atoms with Crippen LogP contribution in [0, 0.1) is 10.1 Å². The number of nitro benzene ring substituents is 1. The molecular weight excluding hydrogens is 652 g/mol. The van der Waals surface area contributed by atoms with E-state index in [1.165, 1.54) is 32.4 Å². The molecule has 11 nitrogen and oxygen atoms in total. The van der Waals surface area contributed by atoms with Crippen LogP contribution in [0.4, 0.5) is 5.69 Å². The van der Waals surface area contributed by atoms with Gasteiger partial charge in [0, 0.05) is 26.0 Å². The van der Waals surface area contributed by atoms with E-state index in [1.807, 2.05) is 12.1 Å². The summed E-state index contributed by atoms with van der Waals surface area (Å²) in [4.78, 5) is 41.4. The summed E-state index contributed by atoms with van der Waals surface area (Å²) in [7, 11) is 1.18. The first-order chi connectivity index (χ1) is 19.2. The number of aromatic nitrogens is 2. The van der Waals surface area contributed by atoms with Gasteiger partial charge in [0.2, 0.25) is 11.6 Å². The van der Waals surface area contributed by atoms with Gasteiger partial charge in [-0.05, 0) is 49.4 Å². The normalized spacial score (nSPS) is 12.2. The zero-order valence-corrected chi connectivity index (χ0v) is 24.0. The Hall–Kier alpha value is -4.36. The van der Waals surface area contributed by atoms with E-state index < -0.39 is 28.2 Å². The van der Waals surface area contributed by atoms with Gasteiger partial charge in [-0.25, -0.2) is 9.78 Å². The highest BCUT2D eigenvalue weighted by Crippen LogP contribution is 2.35. The van der Waals surface area contributed by atoms with Crippen molar-refractivity contribution in [2.75, 3.05) is 7.11 Å². The second kappa shape index (κ2) is 11.0. The van der Waals surface area contributed by atoms with Crippen molar-refractivity contribution in [3.05, 3.63) is 95.6 Å². The fraction of sp³-hybridized carbons (Fsp3) is 0.111. The lowest BCUT2D eigenvalue weighted by Gasteiger charge is -2.15. The van der Waals surface area contributed by atoms with Crippen LogP contribution in [0.15, 0.2) is 83.9 Å². The molecule has 0 N–H and O–H groups in total. The van der Waals surface area contributed by atoms with Gasteiger partial charge in [-0.3, -0.25) is 14.9 Å². The summed E-state index contributed by atoms with van der Waals surface area (Å²) in [5.41, 5.74) is 0.222. The van der Waals surface area contributed by atoms with Gasteiger partial charge in [0.1, 0.15) is 5.58 Å². The number of fused-ring (bicyclic) bond motifs is 2. The smallest absolute Gasteiger partial charge is 0.346 e. The monoisotopic (exact) mass is 668 g/mol. The lowest BCUT2D eigenvalue weighted by Crippen LogP contribution is -2.26. The lowest BCUT2D eigenvalue weighted by molar-refractivity contribution is -0.386. The molecule has 0 spiro atoms. The number of ether oxygens (including phenoxy) is 2. The van der Waals surface area contributed by atoms with Crippen LogP contribution in [0.3, 0.4) is 0 Å². The number of hydrogen-bond donors (Lipinski definition) is 0. The van der Waals surface area contributed by atoms with Crippen LogP contribution in [-0.2, 0) is 9.53 Å². The van der Waals surface area contributed by atoms with E-state index in [4.69, 9.17) is 9.15 Å². The van der Waals surface area contributed by atoms with Gasteiger partial charge < -0.3 is 13.9 Å². The maximum atomic E-state index is 13.6. The average Bonchev–Trinajstić information content (AvgIpc) is 3.35. The van der Waals surface area contributed by atoms with Crippen molar-refractivity contribution >= 4 is 71.6 Å². The van der Waals surface area contributed by atoms with Crippen molar-refractivity contribution in [2.24, 2.45) is 5.10 Å². The highest BCUT2D eigenvalue weighted by molar-refractivity contribution is 9.10. The third-order valence-corrected chi connectivity index (χ3v) is 6.80. The summed E-state index contributed by atoms with van der Waals surface area (Å²) in [5.74, 6) is -0.563. The summed E-state index contributed by atoms with van der Waals surface area (Å²) in [5, 5.41) is 17.3.